The topological polar surface area (TPSA) is 83.1 Å². The van der Waals surface area contributed by atoms with Crippen LogP contribution < -0.4 is 5.32 Å². The third kappa shape index (κ3) is 5.97. The first-order valence-corrected chi connectivity index (χ1v) is 9.56. The average molecular weight is 337 g/mol. The standard InChI is InChI=1S/C14H28NO6P/c1-4-18-13(16)14(22(17,20-5-2)21-6-3)19-11-12-8-7-9-15-10-12/h12,14-15H,4-11H2,1-3H3. The monoisotopic (exact) mass is 337 g/mol. The van der Waals surface area contributed by atoms with Gasteiger partial charge in [0.2, 0.25) is 0 Å². The van der Waals surface area contributed by atoms with Crippen LogP contribution in [0.25, 0.3) is 0 Å². The van der Waals surface area contributed by atoms with E-state index in [-0.39, 0.29) is 25.7 Å². The maximum Gasteiger partial charge on any atom is 0.370 e. The summed E-state index contributed by atoms with van der Waals surface area (Å²) in [4.78, 5) is 12.1. The van der Waals surface area contributed by atoms with E-state index in [1.807, 2.05) is 0 Å². The minimum atomic E-state index is -3.70. The Bertz CT molecular complexity index is 362. The fraction of sp³-hybridized carbons (Fsp3) is 0.929. The highest BCUT2D eigenvalue weighted by atomic mass is 31.2. The largest absolute Gasteiger partial charge is 0.464 e. The van der Waals surface area contributed by atoms with Crippen molar-refractivity contribution < 1.29 is 27.9 Å². The van der Waals surface area contributed by atoms with Gasteiger partial charge in [0.25, 0.3) is 5.85 Å². The van der Waals surface area contributed by atoms with Gasteiger partial charge in [-0.2, -0.15) is 0 Å². The van der Waals surface area contributed by atoms with E-state index in [2.05, 4.69) is 5.32 Å². The molecule has 0 radical (unpaired) electrons. The molecule has 0 aromatic heterocycles. The third-order valence-electron chi connectivity index (χ3n) is 3.28. The molecule has 1 saturated heterocycles. The molecule has 0 amide bonds. The molecular weight excluding hydrogens is 309 g/mol. The molecule has 8 heteroatoms. The third-order valence-corrected chi connectivity index (χ3v) is 5.45. The summed E-state index contributed by atoms with van der Waals surface area (Å²) >= 11 is 0. The molecule has 0 aromatic rings. The van der Waals surface area contributed by atoms with Gasteiger partial charge in [0.15, 0.2) is 0 Å². The van der Waals surface area contributed by atoms with E-state index in [0.717, 1.165) is 25.9 Å². The molecule has 1 rings (SSSR count). The van der Waals surface area contributed by atoms with Gasteiger partial charge in [-0.15, -0.1) is 0 Å². The number of esters is 1. The summed E-state index contributed by atoms with van der Waals surface area (Å²) in [6, 6.07) is 0. The first-order valence-electron chi connectivity index (χ1n) is 7.95. The maximum absolute atomic E-state index is 12.8. The van der Waals surface area contributed by atoms with Crippen molar-refractivity contribution in [3.8, 4) is 0 Å². The molecular formula is C14H28NO6P. The quantitative estimate of drug-likeness (QED) is 0.483. The number of nitrogens with one attached hydrogen (secondary N) is 1. The lowest BCUT2D eigenvalue weighted by Gasteiger charge is -2.28. The number of hydrogen-bond acceptors (Lipinski definition) is 7. The molecule has 2 atom stereocenters. The molecule has 1 heterocycles. The van der Waals surface area contributed by atoms with Crippen molar-refractivity contribution in [2.75, 3.05) is 39.5 Å². The zero-order valence-electron chi connectivity index (χ0n) is 13.7. The van der Waals surface area contributed by atoms with E-state index in [9.17, 15) is 9.36 Å². The zero-order valence-corrected chi connectivity index (χ0v) is 14.6. The fourth-order valence-electron chi connectivity index (χ4n) is 2.33. The predicted molar refractivity (Wildman–Crippen MR) is 82.8 cm³/mol. The van der Waals surface area contributed by atoms with E-state index in [1.54, 1.807) is 20.8 Å². The van der Waals surface area contributed by atoms with E-state index >= 15 is 0 Å². The van der Waals surface area contributed by atoms with Crippen molar-refractivity contribution in [3.63, 3.8) is 0 Å². The molecule has 130 valence electrons. The van der Waals surface area contributed by atoms with Crippen LogP contribution in [0.15, 0.2) is 0 Å². The van der Waals surface area contributed by atoms with Crippen molar-refractivity contribution in [1.82, 2.24) is 5.32 Å². The van der Waals surface area contributed by atoms with E-state index in [0.29, 0.717) is 6.61 Å². The van der Waals surface area contributed by atoms with Crippen molar-refractivity contribution >= 4 is 13.6 Å². The van der Waals surface area contributed by atoms with Crippen LogP contribution in [-0.4, -0.2) is 51.3 Å². The lowest BCUT2D eigenvalue weighted by Crippen LogP contribution is -2.36. The predicted octanol–water partition coefficient (Wildman–Crippen LogP) is 2.16. The minimum absolute atomic E-state index is 0.168. The van der Waals surface area contributed by atoms with Crippen LogP contribution in [0.5, 0.6) is 0 Å². The van der Waals surface area contributed by atoms with Crippen LogP contribution in [0.1, 0.15) is 33.6 Å². The Labute approximate surface area is 132 Å². The van der Waals surface area contributed by atoms with E-state index in [4.69, 9.17) is 18.5 Å². The second-order valence-corrected chi connectivity index (χ2v) is 7.09. The maximum atomic E-state index is 12.8. The minimum Gasteiger partial charge on any atom is -0.464 e. The van der Waals surface area contributed by atoms with Gasteiger partial charge in [0.1, 0.15) is 0 Å². The number of hydrogen-bond donors (Lipinski definition) is 1. The summed E-state index contributed by atoms with van der Waals surface area (Å²) in [5, 5.41) is 3.27. The normalized spacial score (nSPS) is 20.6. The van der Waals surface area contributed by atoms with Gasteiger partial charge in [-0.25, -0.2) is 4.79 Å². The lowest BCUT2D eigenvalue weighted by atomic mass is 10.0. The summed E-state index contributed by atoms with van der Waals surface area (Å²) in [7, 11) is -3.70. The van der Waals surface area contributed by atoms with Crippen LogP contribution in [0.4, 0.5) is 0 Å². The molecule has 1 N–H and O–H groups in total. The number of piperidine rings is 1. The molecule has 0 aliphatic carbocycles. The summed E-state index contributed by atoms with van der Waals surface area (Å²) in [5.41, 5.74) is 0. The SMILES string of the molecule is CCOC(=O)C(OCC1CCCNC1)P(=O)(OCC)OCC. The number of carbonyl (C=O) groups is 1. The Kier molecular flexibility index (Phi) is 9.21. The van der Waals surface area contributed by atoms with Crippen LogP contribution in [0.3, 0.4) is 0 Å². The van der Waals surface area contributed by atoms with Crippen LogP contribution in [0, 0.1) is 5.92 Å². The molecule has 0 spiro atoms. The molecule has 1 aliphatic heterocycles. The summed E-state index contributed by atoms with van der Waals surface area (Å²) in [5.74, 6) is -1.74. The zero-order chi connectivity index (χ0) is 16.4. The molecule has 22 heavy (non-hydrogen) atoms. The summed E-state index contributed by atoms with van der Waals surface area (Å²) < 4.78 is 33.9. The van der Waals surface area contributed by atoms with Gasteiger partial charge >= 0.3 is 13.6 Å². The van der Waals surface area contributed by atoms with Gasteiger partial charge in [-0.1, -0.05) is 0 Å². The molecule has 0 bridgehead atoms. The van der Waals surface area contributed by atoms with Gasteiger partial charge in [0.05, 0.1) is 26.4 Å². The van der Waals surface area contributed by atoms with Crippen molar-refractivity contribution in [1.29, 1.82) is 0 Å². The average Bonchev–Trinajstić information content (AvgIpc) is 2.49. The molecule has 7 nitrogen and oxygen atoms in total. The molecule has 0 saturated carbocycles. The van der Waals surface area contributed by atoms with Crippen LogP contribution in [0.2, 0.25) is 0 Å². The second kappa shape index (κ2) is 10.3. The first-order chi connectivity index (χ1) is 10.6. The second-order valence-electron chi connectivity index (χ2n) is 5.03. The molecule has 0 aromatic carbocycles. The van der Waals surface area contributed by atoms with E-state index < -0.39 is 19.4 Å². The highest BCUT2D eigenvalue weighted by Gasteiger charge is 2.44. The Morgan fingerprint density at radius 2 is 1.91 bits per heavy atom. The smallest absolute Gasteiger partial charge is 0.370 e. The van der Waals surface area contributed by atoms with Gasteiger partial charge in [-0.3, -0.25) is 4.57 Å². The Hall–Kier alpha value is -0.460. The summed E-state index contributed by atoms with van der Waals surface area (Å²) in [6.45, 7) is 7.73. The fourth-order valence-corrected chi connectivity index (χ4v) is 3.99. The number of ether oxygens (including phenoxy) is 2. The van der Waals surface area contributed by atoms with Crippen molar-refractivity contribution in [2.24, 2.45) is 5.92 Å². The van der Waals surface area contributed by atoms with Gasteiger partial charge in [-0.05, 0) is 46.1 Å². The van der Waals surface area contributed by atoms with Gasteiger partial charge < -0.3 is 23.8 Å². The molecule has 1 fully saturated rings. The summed E-state index contributed by atoms with van der Waals surface area (Å²) in [6.07, 6.45) is 2.07. The van der Waals surface area contributed by atoms with Gasteiger partial charge in [0, 0.05) is 6.54 Å². The Balaban J connectivity index is 2.76. The highest BCUT2D eigenvalue weighted by Crippen LogP contribution is 2.54. The Morgan fingerprint density at radius 1 is 1.23 bits per heavy atom. The van der Waals surface area contributed by atoms with Crippen LogP contribution in [-0.2, 0) is 27.9 Å². The lowest BCUT2D eigenvalue weighted by molar-refractivity contribution is -0.153. The first kappa shape index (κ1) is 19.6. The molecule has 1 aliphatic rings. The highest BCUT2D eigenvalue weighted by molar-refractivity contribution is 7.55. The molecule has 2 unspecified atom stereocenters. The Morgan fingerprint density at radius 3 is 2.41 bits per heavy atom. The van der Waals surface area contributed by atoms with Crippen LogP contribution >= 0.6 is 7.60 Å². The number of rotatable bonds is 10. The van der Waals surface area contributed by atoms with E-state index in [1.165, 1.54) is 0 Å². The number of carbonyl (C=O) groups excluding carboxylic acids is 1. The van der Waals surface area contributed by atoms with Crippen molar-refractivity contribution in [2.45, 2.75) is 39.5 Å². The van der Waals surface area contributed by atoms with Crippen molar-refractivity contribution in [3.05, 3.63) is 0 Å².